The van der Waals surface area contributed by atoms with Crippen LogP contribution in [0.15, 0.2) is 6.33 Å². The minimum atomic E-state index is -1.11. The van der Waals surface area contributed by atoms with Gasteiger partial charge < -0.3 is 25.8 Å². The smallest absolute Gasteiger partial charge is 0.179 e. The number of nitrogens with two attached hydrogens (primary N) is 1. The molecule has 0 aromatic carbocycles. The zero-order valence-electron chi connectivity index (χ0n) is 10.2. The van der Waals surface area contributed by atoms with E-state index in [2.05, 4.69) is 15.3 Å². The second kappa shape index (κ2) is 4.22. The van der Waals surface area contributed by atoms with Crippen LogP contribution in [-0.4, -0.2) is 40.2 Å². The van der Waals surface area contributed by atoms with E-state index in [1.54, 1.807) is 0 Å². The van der Waals surface area contributed by atoms with Crippen LogP contribution in [0.2, 0.25) is 0 Å². The summed E-state index contributed by atoms with van der Waals surface area (Å²) in [4.78, 5) is 10.0. The summed E-state index contributed by atoms with van der Waals surface area (Å²) in [6, 6.07) is 2.04. The quantitative estimate of drug-likeness (QED) is 0.660. The van der Waals surface area contributed by atoms with E-state index in [1.165, 1.54) is 6.33 Å². The molecule has 1 fully saturated rings. The van der Waals surface area contributed by atoms with Crippen LogP contribution < -0.4 is 16.0 Å². The number of nitrogens with zero attached hydrogens (tertiary/aromatic N) is 4. The maximum absolute atomic E-state index is 9.29. The third kappa shape index (κ3) is 1.75. The number of hydrogen-bond donors (Lipinski definition) is 3. The Morgan fingerprint density at radius 1 is 1.68 bits per heavy atom. The van der Waals surface area contributed by atoms with Crippen molar-refractivity contribution in [2.45, 2.75) is 24.7 Å². The molecule has 8 nitrogen and oxygen atoms in total. The first-order chi connectivity index (χ1) is 9.19. The minimum absolute atomic E-state index is 0.296. The maximum Gasteiger partial charge on any atom is 0.179 e. The van der Waals surface area contributed by atoms with Crippen molar-refractivity contribution in [3.63, 3.8) is 0 Å². The van der Waals surface area contributed by atoms with Gasteiger partial charge in [-0.25, -0.2) is 9.97 Å². The highest BCUT2D eigenvalue weighted by molar-refractivity contribution is 5.79. The highest BCUT2D eigenvalue weighted by Gasteiger charge is 2.44. The number of aromatic nitrogens is 2. The summed E-state index contributed by atoms with van der Waals surface area (Å²) in [5.74, 6) is 1.06. The van der Waals surface area contributed by atoms with Crippen molar-refractivity contribution in [1.82, 2.24) is 9.97 Å². The zero-order valence-corrected chi connectivity index (χ0v) is 10.2. The number of aliphatic hydroxyl groups excluding tert-OH is 1. The lowest BCUT2D eigenvalue weighted by Gasteiger charge is -2.26. The molecule has 1 aromatic heterocycles. The van der Waals surface area contributed by atoms with E-state index in [-0.39, 0.29) is 12.8 Å². The van der Waals surface area contributed by atoms with Crippen molar-refractivity contribution in [1.29, 1.82) is 5.26 Å². The molecule has 2 unspecified atom stereocenters. The molecule has 2 atom stereocenters. The van der Waals surface area contributed by atoms with E-state index in [4.69, 9.17) is 15.7 Å². The van der Waals surface area contributed by atoms with Gasteiger partial charge in [-0.2, -0.15) is 5.26 Å². The van der Waals surface area contributed by atoms with Gasteiger partial charge in [-0.3, -0.25) is 0 Å². The molecule has 2 aliphatic rings. The Labute approximate surface area is 109 Å². The van der Waals surface area contributed by atoms with E-state index >= 15 is 0 Å². The first kappa shape index (κ1) is 12.0. The van der Waals surface area contributed by atoms with Crippen molar-refractivity contribution in [2.75, 3.05) is 29.2 Å². The number of nitrogens with one attached hydrogen (secondary N) is 1. The summed E-state index contributed by atoms with van der Waals surface area (Å²) in [6.07, 6.45) is 2.25. The van der Waals surface area contributed by atoms with Gasteiger partial charge >= 0.3 is 0 Å². The molecule has 0 saturated carbocycles. The molecule has 2 aliphatic heterocycles. The van der Waals surface area contributed by atoms with E-state index < -0.39 is 5.60 Å². The molecule has 3 rings (SSSR count). The van der Waals surface area contributed by atoms with Crippen LogP contribution in [0.3, 0.4) is 0 Å². The molecule has 0 radical (unpaired) electrons. The van der Waals surface area contributed by atoms with Crippen LogP contribution in [0, 0.1) is 11.3 Å². The van der Waals surface area contributed by atoms with E-state index in [0.717, 1.165) is 0 Å². The molecule has 8 heteroatoms. The summed E-state index contributed by atoms with van der Waals surface area (Å²) in [5.41, 5.74) is 5.34. The summed E-state index contributed by atoms with van der Waals surface area (Å²) in [6.45, 7) is 0.190. The Bertz CT molecular complexity index is 544. The molecule has 100 valence electrons. The van der Waals surface area contributed by atoms with E-state index in [9.17, 15) is 5.11 Å². The molecule has 4 N–H and O–H groups in total. The van der Waals surface area contributed by atoms with Gasteiger partial charge in [0.15, 0.2) is 17.2 Å². The van der Waals surface area contributed by atoms with Gasteiger partial charge in [-0.05, 0) is 12.8 Å². The number of ether oxygens (including phenoxy) is 1. The van der Waals surface area contributed by atoms with Crippen LogP contribution in [0.5, 0.6) is 0 Å². The van der Waals surface area contributed by atoms with Gasteiger partial charge in [-0.1, -0.05) is 0 Å². The fourth-order valence-corrected chi connectivity index (χ4v) is 2.44. The van der Waals surface area contributed by atoms with Gasteiger partial charge in [-0.15, -0.1) is 0 Å². The molecular weight excluding hydrogens is 248 g/mol. The van der Waals surface area contributed by atoms with Gasteiger partial charge in [0, 0.05) is 0 Å². The maximum atomic E-state index is 9.29. The SMILES string of the molecule is N#CC1(CO)CCC(N2CNc3c(N)ncnc32)O1. The highest BCUT2D eigenvalue weighted by atomic mass is 16.5. The summed E-state index contributed by atoms with van der Waals surface area (Å²) in [5, 5.41) is 21.5. The second-order valence-electron chi connectivity index (χ2n) is 4.64. The van der Waals surface area contributed by atoms with Crippen LogP contribution in [-0.2, 0) is 4.74 Å². The van der Waals surface area contributed by atoms with E-state index in [1.807, 2.05) is 11.0 Å². The molecule has 0 spiro atoms. The summed E-state index contributed by atoms with van der Waals surface area (Å²) < 4.78 is 5.70. The van der Waals surface area contributed by atoms with Crippen LogP contribution in [0.1, 0.15) is 12.8 Å². The largest absolute Gasteiger partial charge is 0.392 e. The number of fused-ring (bicyclic) bond motifs is 1. The molecule has 0 bridgehead atoms. The predicted molar refractivity (Wildman–Crippen MR) is 66.9 cm³/mol. The van der Waals surface area contributed by atoms with Gasteiger partial charge in [0.1, 0.15) is 24.3 Å². The van der Waals surface area contributed by atoms with Crippen LogP contribution >= 0.6 is 0 Å². The molecule has 1 saturated heterocycles. The lowest BCUT2D eigenvalue weighted by molar-refractivity contribution is -0.0355. The molecule has 0 aliphatic carbocycles. The van der Waals surface area contributed by atoms with Crippen LogP contribution in [0.4, 0.5) is 17.3 Å². The monoisotopic (exact) mass is 262 g/mol. The van der Waals surface area contributed by atoms with Gasteiger partial charge in [0.05, 0.1) is 13.3 Å². The lowest BCUT2D eigenvalue weighted by atomic mass is 10.0. The topological polar surface area (TPSA) is 120 Å². The summed E-state index contributed by atoms with van der Waals surface area (Å²) in [7, 11) is 0. The van der Waals surface area contributed by atoms with Crippen LogP contribution in [0.25, 0.3) is 0 Å². The van der Waals surface area contributed by atoms with Crippen molar-refractivity contribution in [2.24, 2.45) is 0 Å². The van der Waals surface area contributed by atoms with Gasteiger partial charge in [0.25, 0.3) is 0 Å². The fourth-order valence-electron chi connectivity index (χ4n) is 2.44. The molecule has 19 heavy (non-hydrogen) atoms. The predicted octanol–water partition coefficient (Wildman–Crippen LogP) is -0.361. The number of hydrogen-bond acceptors (Lipinski definition) is 8. The summed E-state index contributed by atoms with van der Waals surface area (Å²) >= 11 is 0. The Morgan fingerprint density at radius 2 is 2.53 bits per heavy atom. The second-order valence-corrected chi connectivity index (χ2v) is 4.64. The number of nitriles is 1. The highest BCUT2D eigenvalue weighted by Crippen LogP contribution is 2.39. The van der Waals surface area contributed by atoms with Crippen molar-refractivity contribution >= 4 is 17.3 Å². The normalized spacial score (nSPS) is 28.8. The minimum Gasteiger partial charge on any atom is -0.392 e. The molecular formula is C11H14N6O2. The average molecular weight is 262 g/mol. The first-order valence-electron chi connectivity index (χ1n) is 6.00. The number of aliphatic hydroxyl groups is 1. The number of nitrogen functional groups attached to an aromatic ring is 1. The number of anilines is 3. The Hall–Kier alpha value is -2.11. The lowest BCUT2D eigenvalue weighted by Crippen LogP contribution is -2.39. The average Bonchev–Trinajstić information content (AvgIpc) is 3.03. The van der Waals surface area contributed by atoms with Crippen molar-refractivity contribution in [3.05, 3.63) is 6.33 Å². The fraction of sp³-hybridized carbons (Fsp3) is 0.545. The number of rotatable bonds is 2. The first-order valence-corrected chi connectivity index (χ1v) is 6.00. The Balaban J connectivity index is 1.85. The van der Waals surface area contributed by atoms with Crippen molar-refractivity contribution < 1.29 is 9.84 Å². The Morgan fingerprint density at radius 3 is 3.21 bits per heavy atom. The standard InChI is InChI=1S/C11H14N6O2/c12-3-11(4-18)2-1-7(19-11)17-6-16-8-9(13)14-5-15-10(8)17/h5,7,16,18H,1-2,4,6H2,(H2,13,14,15). The van der Waals surface area contributed by atoms with E-state index in [0.29, 0.717) is 36.8 Å². The molecule has 0 amide bonds. The third-order valence-electron chi connectivity index (χ3n) is 3.52. The van der Waals surface area contributed by atoms with Gasteiger partial charge in [0.2, 0.25) is 0 Å². The molecule has 1 aromatic rings. The molecule has 3 heterocycles. The Kier molecular flexibility index (Phi) is 2.66. The van der Waals surface area contributed by atoms with Crippen molar-refractivity contribution in [3.8, 4) is 6.07 Å². The third-order valence-corrected chi connectivity index (χ3v) is 3.52. The zero-order chi connectivity index (χ0) is 13.5.